The number of hydrogen-bond donors (Lipinski definition) is 0. The molecule has 0 saturated carbocycles. The Balaban J connectivity index is 1.93. The van der Waals surface area contributed by atoms with Gasteiger partial charge >= 0.3 is 0 Å². The van der Waals surface area contributed by atoms with Crippen molar-refractivity contribution in [2.45, 2.75) is 31.8 Å². The molecule has 2 saturated heterocycles. The first-order chi connectivity index (χ1) is 9.06. The molecule has 2 aliphatic heterocycles. The molecule has 0 radical (unpaired) electrons. The highest BCUT2D eigenvalue weighted by molar-refractivity contribution is 9.10. The van der Waals surface area contributed by atoms with Gasteiger partial charge in [0, 0.05) is 35.7 Å². The van der Waals surface area contributed by atoms with Crippen molar-refractivity contribution in [1.29, 1.82) is 0 Å². The SMILES string of the molecule is CC1CN2CCCC2CN1c1c(F)cc(F)cc1Br. The van der Waals surface area contributed by atoms with Gasteiger partial charge in [-0.1, -0.05) is 0 Å². The summed E-state index contributed by atoms with van der Waals surface area (Å²) < 4.78 is 27.8. The predicted octanol–water partition coefficient (Wildman–Crippen LogP) is 3.40. The lowest BCUT2D eigenvalue weighted by Gasteiger charge is -2.44. The summed E-state index contributed by atoms with van der Waals surface area (Å²) in [5.74, 6) is -1.02. The molecule has 2 nitrogen and oxygen atoms in total. The normalized spacial score (nSPS) is 27.7. The largest absolute Gasteiger partial charge is 0.363 e. The van der Waals surface area contributed by atoms with Crippen LogP contribution in [0.3, 0.4) is 0 Å². The lowest BCUT2D eigenvalue weighted by atomic mass is 10.1. The third-order valence-electron chi connectivity index (χ3n) is 4.21. The number of halogens is 3. The van der Waals surface area contributed by atoms with E-state index in [1.807, 2.05) is 0 Å². The summed E-state index contributed by atoms with van der Waals surface area (Å²) in [6.07, 6.45) is 2.39. The maximum Gasteiger partial charge on any atom is 0.150 e. The Bertz CT molecular complexity index is 471. The Morgan fingerprint density at radius 1 is 1.26 bits per heavy atom. The molecule has 5 heteroatoms. The van der Waals surface area contributed by atoms with Gasteiger partial charge in [0.25, 0.3) is 0 Å². The highest BCUT2D eigenvalue weighted by Crippen LogP contribution is 2.35. The minimum atomic E-state index is -0.541. The van der Waals surface area contributed by atoms with Gasteiger partial charge in [0.15, 0.2) is 5.82 Å². The van der Waals surface area contributed by atoms with Gasteiger partial charge < -0.3 is 4.90 Å². The summed E-state index contributed by atoms with van der Waals surface area (Å²) in [7, 11) is 0. The van der Waals surface area contributed by atoms with Crippen LogP contribution in [0.5, 0.6) is 0 Å². The van der Waals surface area contributed by atoms with Crippen molar-refractivity contribution in [2.24, 2.45) is 0 Å². The quantitative estimate of drug-likeness (QED) is 0.778. The van der Waals surface area contributed by atoms with E-state index >= 15 is 0 Å². The Hall–Kier alpha value is -0.680. The molecule has 2 unspecified atom stereocenters. The smallest absolute Gasteiger partial charge is 0.150 e. The van der Waals surface area contributed by atoms with Crippen molar-refractivity contribution in [3.8, 4) is 0 Å². The van der Waals surface area contributed by atoms with E-state index in [4.69, 9.17) is 0 Å². The number of nitrogens with zero attached hydrogens (tertiary/aromatic N) is 2. The average molecular weight is 331 g/mol. The predicted molar refractivity (Wildman–Crippen MR) is 75.5 cm³/mol. The molecule has 0 amide bonds. The molecule has 1 aromatic carbocycles. The number of hydrogen-bond acceptors (Lipinski definition) is 2. The number of benzene rings is 1. The van der Waals surface area contributed by atoms with Gasteiger partial charge in [-0.3, -0.25) is 4.90 Å². The zero-order valence-corrected chi connectivity index (χ0v) is 12.5. The second-order valence-electron chi connectivity index (χ2n) is 5.51. The summed E-state index contributed by atoms with van der Waals surface area (Å²) in [6, 6.07) is 3.05. The fraction of sp³-hybridized carbons (Fsp3) is 0.571. The highest BCUT2D eigenvalue weighted by atomic mass is 79.9. The molecule has 1 aromatic rings. The Kier molecular flexibility index (Phi) is 3.52. The van der Waals surface area contributed by atoms with E-state index in [1.165, 1.54) is 18.9 Å². The molecule has 0 spiro atoms. The van der Waals surface area contributed by atoms with Crippen LogP contribution in [0.15, 0.2) is 16.6 Å². The van der Waals surface area contributed by atoms with E-state index in [0.29, 0.717) is 16.2 Å². The van der Waals surface area contributed by atoms with E-state index in [0.717, 1.165) is 25.7 Å². The van der Waals surface area contributed by atoms with Crippen molar-refractivity contribution in [1.82, 2.24) is 4.90 Å². The van der Waals surface area contributed by atoms with E-state index in [9.17, 15) is 8.78 Å². The zero-order valence-electron chi connectivity index (χ0n) is 10.9. The fourth-order valence-electron chi connectivity index (χ4n) is 3.31. The summed E-state index contributed by atoms with van der Waals surface area (Å²) in [5, 5.41) is 0. The third kappa shape index (κ3) is 2.38. The van der Waals surface area contributed by atoms with Crippen LogP contribution in [-0.4, -0.2) is 36.6 Å². The molecule has 2 atom stereocenters. The topological polar surface area (TPSA) is 6.48 Å². The monoisotopic (exact) mass is 330 g/mol. The zero-order chi connectivity index (χ0) is 13.6. The molecule has 2 aliphatic rings. The second-order valence-corrected chi connectivity index (χ2v) is 6.36. The van der Waals surface area contributed by atoms with Crippen LogP contribution >= 0.6 is 15.9 Å². The molecule has 19 heavy (non-hydrogen) atoms. The standard InChI is InChI=1S/C14H17BrF2N2/c1-9-7-18-4-2-3-11(18)8-19(9)14-12(15)5-10(16)6-13(14)17/h5-6,9,11H,2-4,7-8H2,1H3. The summed E-state index contributed by atoms with van der Waals surface area (Å²) in [6.45, 7) is 5.02. The molecule has 104 valence electrons. The molecule has 0 bridgehead atoms. The molecule has 0 N–H and O–H groups in total. The van der Waals surface area contributed by atoms with Crippen LogP contribution in [0, 0.1) is 11.6 Å². The third-order valence-corrected chi connectivity index (χ3v) is 4.81. The van der Waals surface area contributed by atoms with Crippen LogP contribution in [0.2, 0.25) is 0 Å². The number of rotatable bonds is 1. The number of fused-ring (bicyclic) bond motifs is 1. The van der Waals surface area contributed by atoms with Gasteiger partial charge in [-0.25, -0.2) is 8.78 Å². The van der Waals surface area contributed by atoms with E-state index in [-0.39, 0.29) is 6.04 Å². The van der Waals surface area contributed by atoms with E-state index < -0.39 is 11.6 Å². The van der Waals surface area contributed by atoms with Crippen LogP contribution in [0.1, 0.15) is 19.8 Å². The van der Waals surface area contributed by atoms with Gasteiger partial charge in [0.05, 0.1) is 5.69 Å². The molecule has 2 fully saturated rings. The van der Waals surface area contributed by atoms with Crippen molar-refractivity contribution in [3.63, 3.8) is 0 Å². The van der Waals surface area contributed by atoms with Crippen LogP contribution in [0.4, 0.5) is 14.5 Å². The average Bonchev–Trinajstić information content (AvgIpc) is 2.74. The van der Waals surface area contributed by atoms with Gasteiger partial charge in [-0.15, -0.1) is 0 Å². The molecule has 0 aliphatic carbocycles. The fourth-order valence-corrected chi connectivity index (χ4v) is 3.94. The Morgan fingerprint density at radius 2 is 2.05 bits per heavy atom. The Morgan fingerprint density at radius 3 is 2.79 bits per heavy atom. The lowest BCUT2D eigenvalue weighted by Crippen LogP contribution is -2.55. The van der Waals surface area contributed by atoms with Gasteiger partial charge in [-0.2, -0.15) is 0 Å². The maximum absolute atomic E-state index is 14.1. The number of piperazine rings is 1. The van der Waals surface area contributed by atoms with E-state index in [2.05, 4.69) is 32.7 Å². The summed E-state index contributed by atoms with van der Waals surface area (Å²) >= 11 is 3.30. The first kappa shape index (κ1) is 13.3. The van der Waals surface area contributed by atoms with Crippen LogP contribution < -0.4 is 4.90 Å². The van der Waals surface area contributed by atoms with Crippen molar-refractivity contribution < 1.29 is 8.78 Å². The minimum Gasteiger partial charge on any atom is -0.363 e. The maximum atomic E-state index is 14.1. The van der Waals surface area contributed by atoms with Crippen molar-refractivity contribution in [2.75, 3.05) is 24.5 Å². The summed E-state index contributed by atoms with van der Waals surface area (Å²) in [5.41, 5.74) is 0.500. The van der Waals surface area contributed by atoms with E-state index in [1.54, 1.807) is 0 Å². The van der Waals surface area contributed by atoms with Crippen LogP contribution in [-0.2, 0) is 0 Å². The van der Waals surface area contributed by atoms with Gasteiger partial charge in [0.1, 0.15) is 5.82 Å². The second kappa shape index (κ2) is 5.02. The van der Waals surface area contributed by atoms with Gasteiger partial charge in [0.2, 0.25) is 0 Å². The molecule has 0 aromatic heterocycles. The van der Waals surface area contributed by atoms with Gasteiger partial charge in [-0.05, 0) is 48.3 Å². The highest BCUT2D eigenvalue weighted by Gasteiger charge is 2.36. The molecular formula is C14H17BrF2N2. The first-order valence-electron chi connectivity index (χ1n) is 6.71. The first-order valence-corrected chi connectivity index (χ1v) is 7.51. The molecule has 2 heterocycles. The molecule has 3 rings (SSSR count). The number of anilines is 1. The molecular weight excluding hydrogens is 314 g/mol. The van der Waals surface area contributed by atoms with Crippen LogP contribution in [0.25, 0.3) is 0 Å². The van der Waals surface area contributed by atoms with Crippen molar-refractivity contribution in [3.05, 3.63) is 28.2 Å². The lowest BCUT2D eigenvalue weighted by molar-refractivity contribution is 0.202. The Labute approximate surface area is 120 Å². The summed E-state index contributed by atoms with van der Waals surface area (Å²) in [4.78, 5) is 4.56. The van der Waals surface area contributed by atoms with Crippen molar-refractivity contribution >= 4 is 21.6 Å². The minimum absolute atomic E-state index is 0.241.